The van der Waals surface area contributed by atoms with Crippen molar-refractivity contribution in [3.05, 3.63) is 35.1 Å². The van der Waals surface area contributed by atoms with Gasteiger partial charge in [-0.05, 0) is 51.2 Å². The predicted molar refractivity (Wildman–Crippen MR) is 108 cm³/mol. The fourth-order valence-corrected chi connectivity index (χ4v) is 3.23. The van der Waals surface area contributed by atoms with Crippen molar-refractivity contribution in [3.63, 3.8) is 0 Å². The number of nitrogens with zero attached hydrogens (tertiary/aromatic N) is 3. The maximum absolute atomic E-state index is 13.2. The Morgan fingerprint density at radius 1 is 1.43 bits per heavy atom. The molecule has 1 fully saturated rings. The van der Waals surface area contributed by atoms with Crippen LogP contribution in [0.4, 0.5) is 24.9 Å². The van der Waals surface area contributed by atoms with Gasteiger partial charge in [-0.2, -0.15) is 23.4 Å². The SMILES string of the molecule is C/C=C(CNc1ncc(C#N)c(NC2CCC(C)(O)CC2)n1)\C(=C/C=N)C(F)(F)F. The van der Waals surface area contributed by atoms with Crippen LogP contribution in [0.5, 0.6) is 0 Å². The van der Waals surface area contributed by atoms with Gasteiger partial charge in [0, 0.05) is 18.8 Å². The van der Waals surface area contributed by atoms with Crippen LogP contribution in [0.25, 0.3) is 0 Å². The average molecular weight is 422 g/mol. The number of halogens is 3. The lowest BCUT2D eigenvalue weighted by Gasteiger charge is -2.33. The number of nitriles is 1. The van der Waals surface area contributed by atoms with Crippen molar-refractivity contribution in [2.75, 3.05) is 17.2 Å². The molecule has 0 atom stereocenters. The number of hydrogen-bond donors (Lipinski definition) is 4. The molecule has 1 heterocycles. The summed E-state index contributed by atoms with van der Waals surface area (Å²) in [5, 5.41) is 32.3. The van der Waals surface area contributed by atoms with Gasteiger partial charge in [0.15, 0.2) is 0 Å². The minimum atomic E-state index is -4.60. The summed E-state index contributed by atoms with van der Waals surface area (Å²) in [7, 11) is 0. The molecule has 1 saturated carbocycles. The summed E-state index contributed by atoms with van der Waals surface area (Å²) in [5.41, 5.74) is -1.45. The molecule has 1 aromatic rings. The molecule has 0 amide bonds. The maximum atomic E-state index is 13.2. The summed E-state index contributed by atoms with van der Waals surface area (Å²) in [6.45, 7) is 3.07. The standard InChI is InChI=1S/C20H25F3N6O/c1-3-13(16(6-9-24)20(21,22)23)11-26-18-27-12-14(10-25)17(29-18)28-15-4-7-19(2,30)8-5-15/h3,6,9,12,15,24,30H,4-5,7-8,11H2,1-2H3,(H2,26,27,28,29)/b13-3-,16-6+,24-9?. The highest BCUT2D eigenvalue weighted by molar-refractivity contribution is 5.71. The smallest absolute Gasteiger partial charge is 0.390 e. The number of aliphatic hydroxyl groups is 1. The normalized spacial score (nSPS) is 22.9. The number of allylic oxidation sites excluding steroid dienone is 2. The average Bonchev–Trinajstić information content (AvgIpc) is 2.68. The van der Waals surface area contributed by atoms with Crippen LogP contribution in [0.15, 0.2) is 29.5 Å². The minimum Gasteiger partial charge on any atom is -0.390 e. The number of alkyl halides is 3. The second-order valence-electron chi connectivity index (χ2n) is 7.40. The Hall–Kier alpha value is -2.93. The third-order valence-electron chi connectivity index (χ3n) is 5.00. The quantitative estimate of drug-likeness (QED) is 0.390. The first-order valence-corrected chi connectivity index (χ1v) is 9.53. The number of aromatic nitrogens is 2. The van der Waals surface area contributed by atoms with Crippen molar-refractivity contribution in [2.45, 2.75) is 57.3 Å². The van der Waals surface area contributed by atoms with Gasteiger partial charge in [-0.15, -0.1) is 0 Å². The Bertz CT molecular complexity index is 860. The van der Waals surface area contributed by atoms with Crippen molar-refractivity contribution in [1.82, 2.24) is 9.97 Å². The molecule has 0 saturated heterocycles. The Labute approximate surface area is 173 Å². The summed E-state index contributed by atoms with van der Waals surface area (Å²) >= 11 is 0. The van der Waals surface area contributed by atoms with Crippen molar-refractivity contribution >= 4 is 18.0 Å². The van der Waals surface area contributed by atoms with Crippen LogP contribution in [-0.4, -0.2) is 45.7 Å². The molecule has 10 heteroatoms. The number of rotatable bonds is 7. The zero-order chi connectivity index (χ0) is 22.4. The van der Waals surface area contributed by atoms with E-state index in [1.165, 1.54) is 19.2 Å². The summed E-state index contributed by atoms with van der Waals surface area (Å²) in [4.78, 5) is 8.26. The van der Waals surface area contributed by atoms with Gasteiger partial charge >= 0.3 is 6.18 Å². The number of hydrogen-bond acceptors (Lipinski definition) is 7. The fourth-order valence-electron chi connectivity index (χ4n) is 3.23. The molecule has 1 aliphatic carbocycles. The second-order valence-corrected chi connectivity index (χ2v) is 7.40. The van der Waals surface area contributed by atoms with E-state index in [1.54, 1.807) is 6.92 Å². The van der Waals surface area contributed by atoms with Crippen molar-refractivity contribution in [1.29, 1.82) is 10.7 Å². The molecule has 7 nitrogen and oxygen atoms in total. The zero-order valence-electron chi connectivity index (χ0n) is 16.8. The largest absolute Gasteiger partial charge is 0.416 e. The van der Waals surface area contributed by atoms with Crippen LogP contribution in [0, 0.1) is 16.7 Å². The lowest BCUT2D eigenvalue weighted by molar-refractivity contribution is -0.0892. The molecule has 2 rings (SSSR count). The topological polar surface area (TPSA) is 118 Å². The molecule has 0 spiro atoms. The molecule has 4 N–H and O–H groups in total. The number of nitrogens with one attached hydrogen (secondary N) is 3. The molecule has 30 heavy (non-hydrogen) atoms. The Morgan fingerprint density at radius 3 is 2.63 bits per heavy atom. The number of anilines is 2. The van der Waals surface area contributed by atoms with E-state index in [1.807, 2.05) is 6.07 Å². The monoisotopic (exact) mass is 422 g/mol. The first-order chi connectivity index (χ1) is 14.1. The van der Waals surface area contributed by atoms with Gasteiger partial charge in [0.1, 0.15) is 17.5 Å². The first-order valence-electron chi connectivity index (χ1n) is 9.53. The Morgan fingerprint density at radius 2 is 2.10 bits per heavy atom. The summed E-state index contributed by atoms with van der Waals surface area (Å²) in [5.74, 6) is 0.379. The molecule has 0 radical (unpaired) electrons. The van der Waals surface area contributed by atoms with Gasteiger partial charge in [0.05, 0.1) is 17.4 Å². The summed E-state index contributed by atoms with van der Waals surface area (Å²) < 4.78 is 39.6. The van der Waals surface area contributed by atoms with Gasteiger partial charge in [-0.25, -0.2) is 4.98 Å². The minimum absolute atomic E-state index is 0.0264. The van der Waals surface area contributed by atoms with Crippen molar-refractivity contribution < 1.29 is 18.3 Å². The van der Waals surface area contributed by atoms with Crippen LogP contribution in [0.2, 0.25) is 0 Å². The molecule has 0 aliphatic heterocycles. The highest BCUT2D eigenvalue weighted by atomic mass is 19.4. The van der Waals surface area contributed by atoms with Crippen LogP contribution in [0.1, 0.15) is 45.1 Å². The van der Waals surface area contributed by atoms with E-state index in [4.69, 9.17) is 5.41 Å². The van der Waals surface area contributed by atoms with E-state index >= 15 is 0 Å². The van der Waals surface area contributed by atoms with Crippen molar-refractivity contribution in [3.8, 4) is 6.07 Å². The van der Waals surface area contributed by atoms with Crippen LogP contribution < -0.4 is 10.6 Å². The van der Waals surface area contributed by atoms with E-state index < -0.39 is 17.4 Å². The maximum Gasteiger partial charge on any atom is 0.416 e. The molecule has 1 aliphatic rings. The van der Waals surface area contributed by atoms with Crippen LogP contribution >= 0.6 is 0 Å². The van der Waals surface area contributed by atoms with Gasteiger partial charge in [0.2, 0.25) is 5.95 Å². The summed E-state index contributed by atoms with van der Waals surface area (Å²) in [6.07, 6.45) is 1.96. The van der Waals surface area contributed by atoms with E-state index in [-0.39, 0.29) is 29.7 Å². The van der Waals surface area contributed by atoms with E-state index in [0.29, 0.717) is 43.8 Å². The first kappa shape index (κ1) is 23.3. The molecule has 0 bridgehead atoms. The molecular formula is C20H25F3N6O. The molecule has 0 unspecified atom stereocenters. The lowest BCUT2D eigenvalue weighted by Crippen LogP contribution is -2.36. The van der Waals surface area contributed by atoms with E-state index in [9.17, 15) is 23.5 Å². The van der Waals surface area contributed by atoms with Crippen LogP contribution in [0.3, 0.4) is 0 Å². The third-order valence-corrected chi connectivity index (χ3v) is 5.00. The lowest BCUT2D eigenvalue weighted by atomic mass is 9.83. The molecule has 162 valence electrons. The molecule has 1 aromatic heterocycles. The Kier molecular flexibility index (Phi) is 7.56. The second kappa shape index (κ2) is 9.71. The molecule has 0 aromatic carbocycles. The highest BCUT2D eigenvalue weighted by Gasteiger charge is 2.35. The Balaban J connectivity index is 2.13. The third kappa shape index (κ3) is 6.29. The zero-order valence-corrected chi connectivity index (χ0v) is 16.8. The highest BCUT2D eigenvalue weighted by Crippen LogP contribution is 2.32. The predicted octanol–water partition coefficient (Wildman–Crippen LogP) is 3.95. The van der Waals surface area contributed by atoms with Crippen molar-refractivity contribution in [2.24, 2.45) is 0 Å². The fraction of sp³-hybridized carbons (Fsp3) is 0.500. The summed E-state index contributed by atoms with van der Waals surface area (Å²) in [6, 6.07) is 2.03. The molecular weight excluding hydrogens is 397 g/mol. The van der Waals surface area contributed by atoms with Crippen LogP contribution in [-0.2, 0) is 0 Å². The van der Waals surface area contributed by atoms with Gasteiger partial charge in [-0.3, -0.25) is 0 Å². The van der Waals surface area contributed by atoms with E-state index in [2.05, 4.69) is 20.6 Å². The van der Waals surface area contributed by atoms with E-state index in [0.717, 1.165) is 0 Å². The van der Waals surface area contributed by atoms with Gasteiger partial charge in [0.25, 0.3) is 0 Å². The van der Waals surface area contributed by atoms with Gasteiger partial charge < -0.3 is 21.1 Å². The van der Waals surface area contributed by atoms with Gasteiger partial charge in [-0.1, -0.05) is 6.08 Å².